The van der Waals surface area contributed by atoms with Gasteiger partial charge in [-0.1, -0.05) is 35.9 Å². The zero-order chi connectivity index (χ0) is 19.5. The van der Waals surface area contributed by atoms with Crippen molar-refractivity contribution in [3.8, 4) is 0 Å². The van der Waals surface area contributed by atoms with E-state index in [0.717, 1.165) is 29.8 Å². The first kappa shape index (κ1) is 18.9. The lowest BCUT2D eigenvalue weighted by Crippen LogP contribution is -2.34. The van der Waals surface area contributed by atoms with Gasteiger partial charge in [0.15, 0.2) is 0 Å². The van der Waals surface area contributed by atoms with Gasteiger partial charge >= 0.3 is 0 Å². The number of anilines is 1. The number of carbonyl (C=O) groups excluding carboxylic acids is 2. The zero-order valence-electron chi connectivity index (χ0n) is 15.5. The molecule has 2 saturated heterocycles. The lowest BCUT2D eigenvalue weighted by atomic mass is 9.94. The summed E-state index contributed by atoms with van der Waals surface area (Å²) in [5.41, 5.74) is 9.20. The number of carbonyl (C=O) groups is 2. The molecule has 0 saturated carbocycles. The summed E-state index contributed by atoms with van der Waals surface area (Å²) in [5, 5.41) is 3.70. The van der Waals surface area contributed by atoms with Gasteiger partial charge in [0.25, 0.3) is 0 Å². The predicted octanol–water partition coefficient (Wildman–Crippen LogP) is 2.55. The first-order chi connectivity index (χ1) is 13.6. The van der Waals surface area contributed by atoms with Gasteiger partial charge in [0.1, 0.15) is 0 Å². The third-order valence-electron chi connectivity index (χ3n) is 5.34. The summed E-state index contributed by atoms with van der Waals surface area (Å²) in [6.45, 7) is 1.80. The topological polar surface area (TPSA) is 73.5 Å². The van der Waals surface area contributed by atoms with E-state index in [1.54, 1.807) is 0 Å². The maximum Gasteiger partial charge on any atom is 0.227 e. The van der Waals surface area contributed by atoms with Crippen LogP contribution in [0.5, 0.6) is 0 Å². The number of hydrogen-bond acceptors (Lipinski definition) is 4. The number of rotatable bonds is 5. The molecule has 2 aromatic carbocycles. The summed E-state index contributed by atoms with van der Waals surface area (Å²) in [7, 11) is 0. The Morgan fingerprint density at radius 3 is 2.57 bits per heavy atom. The van der Waals surface area contributed by atoms with Crippen LogP contribution in [-0.2, 0) is 16.1 Å². The van der Waals surface area contributed by atoms with Gasteiger partial charge in [0.2, 0.25) is 11.8 Å². The van der Waals surface area contributed by atoms with Crippen LogP contribution in [0.2, 0.25) is 5.02 Å². The molecule has 2 aliphatic heterocycles. The molecule has 2 unspecified atom stereocenters. The quantitative estimate of drug-likeness (QED) is 0.723. The molecule has 2 aliphatic rings. The van der Waals surface area contributed by atoms with E-state index in [1.807, 2.05) is 53.4 Å². The summed E-state index contributed by atoms with van der Waals surface area (Å²) in [4.78, 5) is 26.4. The number of hydrogen-bond donors (Lipinski definition) is 3. The monoisotopic (exact) mass is 398 g/mol. The van der Waals surface area contributed by atoms with Crippen molar-refractivity contribution >= 4 is 29.1 Å². The molecule has 2 heterocycles. The molecule has 0 aromatic heterocycles. The molecule has 2 fully saturated rings. The van der Waals surface area contributed by atoms with Crippen molar-refractivity contribution in [3.05, 3.63) is 64.7 Å². The Morgan fingerprint density at radius 1 is 1.14 bits per heavy atom. The molecule has 0 radical (unpaired) electrons. The SMILES string of the molecule is O=C(NCc1ccc(N2CCCC2=O)cc1)C1CNNC1c1ccc(Cl)cc1. The predicted molar refractivity (Wildman–Crippen MR) is 109 cm³/mol. The van der Waals surface area contributed by atoms with Crippen LogP contribution in [0.15, 0.2) is 48.5 Å². The molecule has 2 amide bonds. The van der Waals surface area contributed by atoms with E-state index in [9.17, 15) is 9.59 Å². The second kappa shape index (κ2) is 8.31. The van der Waals surface area contributed by atoms with Crippen LogP contribution >= 0.6 is 11.6 Å². The van der Waals surface area contributed by atoms with E-state index >= 15 is 0 Å². The van der Waals surface area contributed by atoms with E-state index in [2.05, 4.69) is 16.2 Å². The largest absolute Gasteiger partial charge is 0.352 e. The van der Waals surface area contributed by atoms with Crippen LogP contribution in [0.4, 0.5) is 5.69 Å². The van der Waals surface area contributed by atoms with Gasteiger partial charge in [-0.15, -0.1) is 0 Å². The van der Waals surface area contributed by atoms with Crippen molar-refractivity contribution in [3.63, 3.8) is 0 Å². The molecular weight excluding hydrogens is 376 g/mol. The minimum atomic E-state index is -0.206. The van der Waals surface area contributed by atoms with Crippen LogP contribution in [0.1, 0.15) is 30.0 Å². The number of benzene rings is 2. The summed E-state index contributed by atoms with van der Waals surface area (Å²) in [6.07, 6.45) is 1.53. The minimum absolute atomic E-state index is 0.00347. The van der Waals surface area contributed by atoms with Crippen molar-refractivity contribution in [2.24, 2.45) is 5.92 Å². The molecule has 3 N–H and O–H groups in total. The summed E-state index contributed by atoms with van der Waals surface area (Å²) >= 11 is 5.96. The van der Waals surface area contributed by atoms with Crippen molar-refractivity contribution in [2.45, 2.75) is 25.4 Å². The average molecular weight is 399 g/mol. The van der Waals surface area contributed by atoms with Crippen LogP contribution in [0.3, 0.4) is 0 Å². The van der Waals surface area contributed by atoms with E-state index in [4.69, 9.17) is 11.6 Å². The first-order valence-corrected chi connectivity index (χ1v) is 9.90. The molecule has 2 atom stereocenters. The van der Waals surface area contributed by atoms with Crippen LogP contribution in [0.25, 0.3) is 0 Å². The third-order valence-corrected chi connectivity index (χ3v) is 5.59. The first-order valence-electron chi connectivity index (χ1n) is 9.53. The van der Waals surface area contributed by atoms with Crippen molar-refractivity contribution in [2.75, 3.05) is 18.0 Å². The normalized spacial score (nSPS) is 21.9. The highest BCUT2D eigenvalue weighted by Crippen LogP contribution is 2.26. The fraction of sp³-hybridized carbons (Fsp3) is 0.333. The van der Waals surface area contributed by atoms with Gasteiger partial charge in [0.05, 0.1) is 12.0 Å². The molecule has 0 aliphatic carbocycles. The Bertz CT molecular complexity index is 854. The molecule has 2 aromatic rings. The Hall–Kier alpha value is -2.41. The van der Waals surface area contributed by atoms with Crippen molar-refractivity contribution < 1.29 is 9.59 Å². The lowest BCUT2D eigenvalue weighted by molar-refractivity contribution is -0.125. The lowest BCUT2D eigenvalue weighted by Gasteiger charge is -2.19. The number of nitrogens with zero attached hydrogens (tertiary/aromatic N) is 1. The molecule has 146 valence electrons. The highest BCUT2D eigenvalue weighted by Gasteiger charge is 2.33. The fourth-order valence-corrected chi connectivity index (χ4v) is 3.89. The molecule has 28 heavy (non-hydrogen) atoms. The van der Waals surface area contributed by atoms with E-state index < -0.39 is 0 Å². The minimum Gasteiger partial charge on any atom is -0.352 e. The van der Waals surface area contributed by atoms with E-state index in [1.165, 1.54) is 0 Å². The maximum absolute atomic E-state index is 12.7. The summed E-state index contributed by atoms with van der Waals surface area (Å²) < 4.78 is 0. The summed E-state index contributed by atoms with van der Waals surface area (Å²) in [5.74, 6) is -0.0329. The van der Waals surface area contributed by atoms with Gasteiger partial charge in [-0.25, -0.2) is 5.43 Å². The maximum atomic E-state index is 12.7. The molecule has 4 rings (SSSR count). The smallest absolute Gasteiger partial charge is 0.227 e. The number of nitrogens with one attached hydrogen (secondary N) is 3. The van der Waals surface area contributed by atoms with Crippen LogP contribution in [-0.4, -0.2) is 24.9 Å². The highest BCUT2D eigenvalue weighted by molar-refractivity contribution is 6.30. The Morgan fingerprint density at radius 2 is 1.89 bits per heavy atom. The molecule has 0 spiro atoms. The Balaban J connectivity index is 1.36. The molecule has 0 bridgehead atoms. The number of halogens is 1. The van der Waals surface area contributed by atoms with Gasteiger partial charge in [-0.3, -0.25) is 15.0 Å². The second-order valence-corrected chi connectivity index (χ2v) is 7.63. The van der Waals surface area contributed by atoms with Crippen molar-refractivity contribution in [1.29, 1.82) is 0 Å². The molecule has 7 heteroatoms. The van der Waals surface area contributed by atoms with E-state index in [-0.39, 0.29) is 23.8 Å². The van der Waals surface area contributed by atoms with Crippen LogP contribution in [0, 0.1) is 5.92 Å². The van der Waals surface area contributed by atoms with Gasteiger partial charge in [-0.05, 0) is 41.8 Å². The van der Waals surface area contributed by atoms with Gasteiger partial charge in [0, 0.05) is 36.8 Å². The Kier molecular flexibility index (Phi) is 5.62. The number of amides is 2. The highest BCUT2D eigenvalue weighted by atomic mass is 35.5. The van der Waals surface area contributed by atoms with Gasteiger partial charge in [-0.2, -0.15) is 0 Å². The van der Waals surface area contributed by atoms with Crippen LogP contribution < -0.4 is 21.1 Å². The van der Waals surface area contributed by atoms with Gasteiger partial charge < -0.3 is 10.2 Å². The fourth-order valence-electron chi connectivity index (χ4n) is 3.76. The second-order valence-electron chi connectivity index (χ2n) is 7.19. The zero-order valence-corrected chi connectivity index (χ0v) is 16.2. The van der Waals surface area contributed by atoms with E-state index in [0.29, 0.717) is 24.5 Å². The summed E-state index contributed by atoms with van der Waals surface area (Å²) in [6, 6.07) is 15.3. The number of hydrazine groups is 1. The van der Waals surface area contributed by atoms with Crippen molar-refractivity contribution in [1.82, 2.24) is 16.2 Å². The molecular formula is C21H23ClN4O2. The molecule has 6 nitrogen and oxygen atoms in total. The standard InChI is InChI=1S/C21H23ClN4O2/c22-16-7-5-15(6-8-16)20-18(13-24-25-20)21(28)23-12-14-3-9-17(10-4-14)26-11-1-2-19(26)27/h3-10,18,20,24-25H,1-2,11-13H2,(H,23,28). The Labute approximate surface area is 169 Å². The third kappa shape index (κ3) is 4.04. The average Bonchev–Trinajstić information content (AvgIpc) is 3.36.